The molecule has 0 saturated carbocycles. The molecule has 0 spiro atoms. The van der Waals surface area contributed by atoms with Crippen molar-refractivity contribution >= 4 is 10.0 Å². The monoisotopic (exact) mass is 467 g/mol. The smallest absolute Gasteiger partial charge is 0.268 e. The molecule has 10 heteroatoms. The van der Waals surface area contributed by atoms with E-state index in [0.717, 1.165) is 23.2 Å². The van der Waals surface area contributed by atoms with Gasteiger partial charge >= 0.3 is 0 Å². The lowest BCUT2D eigenvalue weighted by Crippen LogP contribution is -2.36. The van der Waals surface area contributed by atoms with Gasteiger partial charge in [-0.3, -0.25) is 4.68 Å². The maximum absolute atomic E-state index is 13.3. The Kier molecular flexibility index (Phi) is 5.34. The van der Waals surface area contributed by atoms with Crippen LogP contribution in [0.4, 0.5) is 4.39 Å². The molecule has 0 atom stereocenters. The van der Waals surface area contributed by atoms with E-state index in [0.29, 0.717) is 24.2 Å². The highest BCUT2D eigenvalue weighted by Gasteiger charge is 2.33. The van der Waals surface area contributed by atoms with Crippen LogP contribution in [0.2, 0.25) is 0 Å². The molecule has 1 aliphatic rings. The summed E-state index contributed by atoms with van der Waals surface area (Å²) in [7, 11) is -1.85. The van der Waals surface area contributed by atoms with Gasteiger partial charge in [-0.1, -0.05) is 19.1 Å². The van der Waals surface area contributed by atoms with Crippen LogP contribution in [0.3, 0.4) is 0 Å². The Hall–Kier alpha value is -3.37. The summed E-state index contributed by atoms with van der Waals surface area (Å²) in [5.74, 6) is 0.0707. The normalized spacial score (nSPS) is 14.4. The van der Waals surface area contributed by atoms with Gasteiger partial charge in [-0.25, -0.2) is 12.8 Å². The molecule has 8 nitrogen and oxygen atoms in total. The number of nitrogens with zero attached hydrogens (tertiary/aromatic N) is 5. The molecule has 2 aromatic carbocycles. The quantitative estimate of drug-likeness (QED) is 0.445. The highest BCUT2D eigenvalue weighted by Crippen LogP contribution is 2.33. The Labute approximate surface area is 190 Å². The first-order valence-electron chi connectivity index (χ1n) is 10.6. The number of aromatic nitrogens is 4. The van der Waals surface area contributed by atoms with Crippen LogP contribution in [0, 0.1) is 5.82 Å². The Morgan fingerprint density at radius 2 is 1.73 bits per heavy atom. The first-order chi connectivity index (χ1) is 15.9. The standard InChI is InChI=1S/C23H22FN5O3S/c1-3-15-4-10-18(11-5-15)33(30,31)29-13-12-20-19(14-29)21(27-28(20)2)23-26-25-22(32-23)16-6-8-17(24)9-7-16/h4-11H,3,12-14H2,1-2H3. The first kappa shape index (κ1) is 21.5. The molecular weight excluding hydrogens is 445 g/mol. The molecule has 1 aliphatic heterocycles. The summed E-state index contributed by atoms with van der Waals surface area (Å²) in [6.45, 7) is 2.54. The zero-order valence-electron chi connectivity index (χ0n) is 18.2. The van der Waals surface area contributed by atoms with Crippen molar-refractivity contribution in [3.63, 3.8) is 0 Å². The molecule has 0 N–H and O–H groups in total. The van der Waals surface area contributed by atoms with Crippen molar-refractivity contribution in [1.29, 1.82) is 0 Å². The van der Waals surface area contributed by atoms with Gasteiger partial charge in [0.15, 0.2) is 5.69 Å². The van der Waals surface area contributed by atoms with Gasteiger partial charge in [-0.15, -0.1) is 10.2 Å². The van der Waals surface area contributed by atoms with Crippen molar-refractivity contribution in [1.82, 2.24) is 24.3 Å². The van der Waals surface area contributed by atoms with Crippen molar-refractivity contribution in [3.05, 3.63) is 71.2 Å². The van der Waals surface area contributed by atoms with E-state index in [9.17, 15) is 12.8 Å². The fourth-order valence-electron chi connectivity index (χ4n) is 4.02. The number of rotatable bonds is 5. The minimum atomic E-state index is -3.67. The number of sulfonamides is 1. The van der Waals surface area contributed by atoms with E-state index >= 15 is 0 Å². The van der Waals surface area contributed by atoms with Crippen LogP contribution in [0.25, 0.3) is 23.0 Å². The van der Waals surface area contributed by atoms with Crippen LogP contribution in [0.15, 0.2) is 57.8 Å². The Balaban J connectivity index is 1.47. The molecule has 0 bridgehead atoms. The Morgan fingerprint density at radius 1 is 1.03 bits per heavy atom. The highest BCUT2D eigenvalue weighted by molar-refractivity contribution is 7.89. The molecule has 0 amide bonds. The molecule has 0 radical (unpaired) electrons. The lowest BCUT2D eigenvalue weighted by molar-refractivity contribution is 0.386. The van der Waals surface area contributed by atoms with Gasteiger partial charge in [-0.2, -0.15) is 9.40 Å². The number of aryl methyl sites for hydroxylation is 2. The van der Waals surface area contributed by atoms with Gasteiger partial charge in [0.25, 0.3) is 5.89 Å². The maximum atomic E-state index is 13.3. The Morgan fingerprint density at radius 3 is 2.42 bits per heavy atom. The van der Waals surface area contributed by atoms with Crippen molar-refractivity contribution < 1.29 is 17.2 Å². The van der Waals surface area contributed by atoms with E-state index in [2.05, 4.69) is 15.3 Å². The summed E-state index contributed by atoms with van der Waals surface area (Å²) in [6, 6.07) is 12.7. The van der Waals surface area contributed by atoms with Crippen molar-refractivity contribution in [3.8, 4) is 23.0 Å². The number of benzene rings is 2. The van der Waals surface area contributed by atoms with Crippen LogP contribution in [0.1, 0.15) is 23.7 Å². The second-order valence-corrected chi connectivity index (χ2v) is 9.84. The average Bonchev–Trinajstić information content (AvgIpc) is 3.44. The summed E-state index contributed by atoms with van der Waals surface area (Å²) in [5.41, 5.74) is 3.79. The lowest BCUT2D eigenvalue weighted by Gasteiger charge is -2.26. The third kappa shape index (κ3) is 3.85. The van der Waals surface area contributed by atoms with Crippen LogP contribution in [0.5, 0.6) is 0 Å². The number of halogens is 1. The molecule has 5 rings (SSSR count). The SMILES string of the molecule is CCc1ccc(S(=O)(=O)N2CCc3c(c(-c4nnc(-c5ccc(F)cc5)o4)nn3C)C2)cc1. The third-order valence-electron chi connectivity index (χ3n) is 5.90. The lowest BCUT2D eigenvalue weighted by atomic mass is 10.1. The van der Waals surface area contributed by atoms with Crippen LogP contribution >= 0.6 is 0 Å². The molecule has 0 unspecified atom stereocenters. The molecule has 170 valence electrons. The summed E-state index contributed by atoms with van der Waals surface area (Å²) in [4.78, 5) is 0.268. The van der Waals surface area contributed by atoms with E-state index in [1.54, 1.807) is 28.9 Å². The van der Waals surface area contributed by atoms with Gasteiger partial charge in [-0.05, 0) is 48.4 Å². The van der Waals surface area contributed by atoms with E-state index in [-0.39, 0.29) is 29.0 Å². The summed E-state index contributed by atoms with van der Waals surface area (Å²) < 4.78 is 48.8. The predicted molar refractivity (Wildman–Crippen MR) is 119 cm³/mol. The second-order valence-electron chi connectivity index (χ2n) is 7.90. The molecule has 0 saturated heterocycles. The maximum Gasteiger partial charge on any atom is 0.268 e. The largest absolute Gasteiger partial charge is 0.415 e. The van der Waals surface area contributed by atoms with Gasteiger partial charge in [0, 0.05) is 43.4 Å². The van der Waals surface area contributed by atoms with Crippen molar-refractivity contribution in [2.45, 2.75) is 31.2 Å². The van der Waals surface area contributed by atoms with Crippen molar-refractivity contribution in [2.75, 3.05) is 6.54 Å². The zero-order valence-corrected chi connectivity index (χ0v) is 19.0. The van der Waals surface area contributed by atoms with E-state index in [1.165, 1.54) is 16.4 Å². The van der Waals surface area contributed by atoms with Gasteiger partial charge in [0.05, 0.1) is 4.90 Å². The van der Waals surface area contributed by atoms with E-state index in [4.69, 9.17) is 4.42 Å². The minimum Gasteiger partial charge on any atom is -0.415 e. The zero-order chi connectivity index (χ0) is 23.2. The number of hydrogen-bond acceptors (Lipinski definition) is 6. The molecule has 3 heterocycles. The molecule has 2 aromatic heterocycles. The third-order valence-corrected chi connectivity index (χ3v) is 7.75. The van der Waals surface area contributed by atoms with E-state index < -0.39 is 10.0 Å². The Bertz CT molecular complexity index is 1410. The fourth-order valence-corrected chi connectivity index (χ4v) is 5.43. The minimum absolute atomic E-state index is 0.157. The summed E-state index contributed by atoms with van der Waals surface area (Å²) in [5, 5.41) is 12.7. The van der Waals surface area contributed by atoms with Gasteiger partial charge in [0.1, 0.15) is 5.82 Å². The molecule has 4 aromatic rings. The van der Waals surface area contributed by atoms with Gasteiger partial charge in [0.2, 0.25) is 15.9 Å². The fraction of sp³-hybridized carbons (Fsp3) is 0.261. The van der Waals surface area contributed by atoms with Gasteiger partial charge < -0.3 is 4.42 Å². The second kappa shape index (κ2) is 8.20. The van der Waals surface area contributed by atoms with Crippen LogP contribution in [-0.2, 0) is 36.5 Å². The summed E-state index contributed by atoms with van der Waals surface area (Å²) >= 11 is 0. The molecule has 33 heavy (non-hydrogen) atoms. The van der Waals surface area contributed by atoms with E-state index in [1.807, 2.05) is 26.1 Å². The van der Waals surface area contributed by atoms with Crippen LogP contribution < -0.4 is 0 Å². The summed E-state index contributed by atoms with van der Waals surface area (Å²) in [6.07, 6.45) is 1.36. The first-order valence-corrected chi connectivity index (χ1v) is 12.0. The topological polar surface area (TPSA) is 94.1 Å². The average molecular weight is 468 g/mol. The molecule has 0 fully saturated rings. The predicted octanol–water partition coefficient (Wildman–Crippen LogP) is 3.59. The molecular formula is C23H22FN5O3S. The number of hydrogen-bond donors (Lipinski definition) is 0. The van der Waals surface area contributed by atoms with Crippen molar-refractivity contribution in [2.24, 2.45) is 7.05 Å². The molecule has 0 aliphatic carbocycles. The number of fused-ring (bicyclic) bond motifs is 1. The highest BCUT2D eigenvalue weighted by atomic mass is 32.2. The van der Waals surface area contributed by atoms with Crippen LogP contribution in [-0.4, -0.2) is 39.2 Å².